The number of ether oxygens (including phenoxy) is 2. The van der Waals surface area contributed by atoms with Gasteiger partial charge in [0.2, 0.25) is 5.88 Å². The normalized spacial score (nSPS) is 10.5. The first-order chi connectivity index (χ1) is 9.78. The van der Waals surface area contributed by atoms with Gasteiger partial charge in [-0.15, -0.1) is 5.10 Å². The van der Waals surface area contributed by atoms with E-state index in [0.29, 0.717) is 11.6 Å². The molecular formula is C15H11BrN2O2. The summed E-state index contributed by atoms with van der Waals surface area (Å²) in [6, 6.07) is 13.3. The number of nitrogens with zero attached hydrogens (tertiary/aromatic N) is 2. The highest BCUT2D eigenvalue weighted by Crippen LogP contribution is 2.34. The van der Waals surface area contributed by atoms with Crippen LogP contribution < -0.4 is 9.47 Å². The Hall–Kier alpha value is -2.14. The van der Waals surface area contributed by atoms with Crippen molar-refractivity contribution in [3.05, 3.63) is 53.1 Å². The first-order valence-electron chi connectivity index (χ1n) is 6.00. The molecule has 0 amide bonds. The standard InChI is InChI=1S/C15H11BrN2O2/c1-19-11-6-7-14(13(16)8-11)20-15-12-5-3-2-4-10(12)9-17-18-15/h2-9H,1H3. The van der Waals surface area contributed by atoms with Gasteiger partial charge in [0.15, 0.2) is 0 Å². The Bertz CT molecular complexity index is 756. The van der Waals surface area contributed by atoms with E-state index < -0.39 is 0 Å². The lowest BCUT2D eigenvalue weighted by atomic mass is 10.2. The van der Waals surface area contributed by atoms with Crippen molar-refractivity contribution in [2.75, 3.05) is 7.11 Å². The van der Waals surface area contributed by atoms with E-state index in [0.717, 1.165) is 21.0 Å². The molecule has 100 valence electrons. The zero-order valence-corrected chi connectivity index (χ0v) is 12.3. The third-order valence-electron chi connectivity index (χ3n) is 2.88. The quantitative estimate of drug-likeness (QED) is 0.722. The van der Waals surface area contributed by atoms with E-state index in [4.69, 9.17) is 9.47 Å². The van der Waals surface area contributed by atoms with E-state index in [2.05, 4.69) is 26.1 Å². The average Bonchev–Trinajstić information content (AvgIpc) is 2.49. The number of halogens is 1. The van der Waals surface area contributed by atoms with E-state index in [1.165, 1.54) is 0 Å². The van der Waals surface area contributed by atoms with Crippen LogP contribution in [0.3, 0.4) is 0 Å². The van der Waals surface area contributed by atoms with Crippen LogP contribution >= 0.6 is 15.9 Å². The second-order valence-corrected chi connectivity index (χ2v) is 4.99. The van der Waals surface area contributed by atoms with E-state index in [9.17, 15) is 0 Å². The molecule has 0 aliphatic rings. The Morgan fingerprint density at radius 2 is 1.95 bits per heavy atom. The maximum absolute atomic E-state index is 5.85. The Kier molecular flexibility index (Phi) is 3.52. The highest BCUT2D eigenvalue weighted by molar-refractivity contribution is 9.10. The fraction of sp³-hybridized carbons (Fsp3) is 0.0667. The summed E-state index contributed by atoms with van der Waals surface area (Å²) in [6.45, 7) is 0. The van der Waals surface area contributed by atoms with Gasteiger partial charge in [-0.2, -0.15) is 5.10 Å². The number of methoxy groups -OCH3 is 1. The Morgan fingerprint density at radius 1 is 1.10 bits per heavy atom. The van der Waals surface area contributed by atoms with Crippen molar-refractivity contribution in [3.63, 3.8) is 0 Å². The second-order valence-electron chi connectivity index (χ2n) is 4.14. The van der Waals surface area contributed by atoms with Gasteiger partial charge in [0.05, 0.1) is 17.8 Å². The largest absolute Gasteiger partial charge is 0.497 e. The van der Waals surface area contributed by atoms with Crippen LogP contribution in [-0.2, 0) is 0 Å². The predicted octanol–water partition coefficient (Wildman–Crippen LogP) is 4.19. The van der Waals surface area contributed by atoms with E-state index >= 15 is 0 Å². The average molecular weight is 331 g/mol. The molecule has 3 aromatic rings. The zero-order valence-electron chi connectivity index (χ0n) is 10.7. The molecule has 0 N–H and O–H groups in total. The summed E-state index contributed by atoms with van der Waals surface area (Å²) in [5.74, 6) is 1.90. The molecule has 2 aromatic carbocycles. The Balaban J connectivity index is 2.01. The molecule has 0 atom stereocenters. The molecule has 5 heteroatoms. The summed E-state index contributed by atoms with van der Waals surface area (Å²) in [5, 5.41) is 9.93. The zero-order chi connectivity index (χ0) is 13.9. The molecule has 0 aliphatic carbocycles. The SMILES string of the molecule is COc1ccc(Oc2nncc3ccccc23)c(Br)c1. The second kappa shape index (κ2) is 5.46. The fourth-order valence-corrected chi connectivity index (χ4v) is 2.31. The van der Waals surface area contributed by atoms with Crippen molar-refractivity contribution in [2.45, 2.75) is 0 Å². The van der Waals surface area contributed by atoms with Gasteiger partial charge in [0.25, 0.3) is 0 Å². The van der Waals surface area contributed by atoms with Crippen molar-refractivity contribution >= 4 is 26.7 Å². The summed E-state index contributed by atoms with van der Waals surface area (Å²) in [7, 11) is 1.62. The minimum absolute atomic E-state index is 0.481. The van der Waals surface area contributed by atoms with Gasteiger partial charge in [0.1, 0.15) is 11.5 Å². The molecule has 20 heavy (non-hydrogen) atoms. The lowest BCUT2D eigenvalue weighted by Gasteiger charge is -2.09. The van der Waals surface area contributed by atoms with Crippen LogP contribution in [0.4, 0.5) is 0 Å². The van der Waals surface area contributed by atoms with Gasteiger partial charge in [-0.05, 0) is 40.2 Å². The molecule has 0 fully saturated rings. The number of benzene rings is 2. The number of rotatable bonds is 3. The first-order valence-corrected chi connectivity index (χ1v) is 6.79. The summed E-state index contributed by atoms with van der Waals surface area (Å²) < 4.78 is 11.8. The molecule has 0 unspecified atom stereocenters. The van der Waals surface area contributed by atoms with Crippen LogP contribution in [0.5, 0.6) is 17.4 Å². The number of fused-ring (bicyclic) bond motifs is 1. The van der Waals surface area contributed by atoms with Gasteiger partial charge in [-0.1, -0.05) is 18.2 Å². The summed E-state index contributed by atoms with van der Waals surface area (Å²) in [6.07, 6.45) is 1.71. The molecule has 3 rings (SSSR count). The van der Waals surface area contributed by atoms with Crippen LogP contribution in [-0.4, -0.2) is 17.3 Å². The monoisotopic (exact) mass is 330 g/mol. The molecule has 1 aromatic heterocycles. The van der Waals surface area contributed by atoms with E-state index in [1.54, 1.807) is 13.3 Å². The Labute approximate surface area is 124 Å². The van der Waals surface area contributed by atoms with Gasteiger partial charge in [0, 0.05) is 10.8 Å². The van der Waals surface area contributed by atoms with Crippen LogP contribution in [0.1, 0.15) is 0 Å². The number of hydrogen-bond donors (Lipinski definition) is 0. The lowest BCUT2D eigenvalue weighted by Crippen LogP contribution is -1.93. The minimum Gasteiger partial charge on any atom is -0.497 e. The van der Waals surface area contributed by atoms with E-state index in [-0.39, 0.29) is 0 Å². The van der Waals surface area contributed by atoms with Gasteiger partial charge >= 0.3 is 0 Å². The molecule has 0 radical (unpaired) electrons. The van der Waals surface area contributed by atoms with Crippen LogP contribution in [0, 0.1) is 0 Å². The summed E-state index contributed by atoms with van der Waals surface area (Å²) >= 11 is 3.46. The highest BCUT2D eigenvalue weighted by atomic mass is 79.9. The molecule has 1 heterocycles. The first kappa shape index (κ1) is 12.9. The van der Waals surface area contributed by atoms with Crippen molar-refractivity contribution in [1.82, 2.24) is 10.2 Å². The van der Waals surface area contributed by atoms with E-state index in [1.807, 2.05) is 42.5 Å². The van der Waals surface area contributed by atoms with Crippen molar-refractivity contribution < 1.29 is 9.47 Å². The molecular weight excluding hydrogens is 320 g/mol. The number of aromatic nitrogens is 2. The maximum Gasteiger partial charge on any atom is 0.246 e. The van der Waals surface area contributed by atoms with Gasteiger partial charge < -0.3 is 9.47 Å². The van der Waals surface area contributed by atoms with Crippen molar-refractivity contribution in [1.29, 1.82) is 0 Å². The maximum atomic E-state index is 5.85. The molecule has 0 aliphatic heterocycles. The van der Waals surface area contributed by atoms with Crippen LogP contribution in [0.2, 0.25) is 0 Å². The topological polar surface area (TPSA) is 44.2 Å². The minimum atomic E-state index is 0.481. The Morgan fingerprint density at radius 3 is 2.75 bits per heavy atom. The molecule has 4 nitrogen and oxygen atoms in total. The fourth-order valence-electron chi connectivity index (χ4n) is 1.87. The van der Waals surface area contributed by atoms with Gasteiger partial charge in [-0.25, -0.2) is 0 Å². The highest BCUT2D eigenvalue weighted by Gasteiger charge is 2.09. The smallest absolute Gasteiger partial charge is 0.246 e. The van der Waals surface area contributed by atoms with Crippen LogP contribution in [0.15, 0.2) is 53.1 Å². The third kappa shape index (κ3) is 2.44. The summed E-state index contributed by atoms with van der Waals surface area (Å²) in [4.78, 5) is 0. The third-order valence-corrected chi connectivity index (χ3v) is 3.50. The predicted molar refractivity (Wildman–Crippen MR) is 80.3 cm³/mol. The van der Waals surface area contributed by atoms with Crippen LogP contribution in [0.25, 0.3) is 10.8 Å². The molecule has 0 saturated carbocycles. The van der Waals surface area contributed by atoms with Crippen molar-refractivity contribution in [2.24, 2.45) is 0 Å². The van der Waals surface area contributed by atoms with Crippen molar-refractivity contribution in [3.8, 4) is 17.4 Å². The lowest BCUT2D eigenvalue weighted by molar-refractivity contribution is 0.411. The molecule has 0 spiro atoms. The molecule has 0 saturated heterocycles. The van der Waals surface area contributed by atoms with Gasteiger partial charge in [-0.3, -0.25) is 0 Å². The molecule has 0 bridgehead atoms. The number of hydrogen-bond acceptors (Lipinski definition) is 4. The summed E-state index contributed by atoms with van der Waals surface area (Å²) in [5.41, 5.74) is 0.